The molecule has 126 valence electrons. The molecule has 1 aromatic carbocycles. The molecule has 0 spiro atoms. The number of benzene rings is 1. The number of methoxy groups -OCH3 is 2. The van der Waals surface area contributed by atoms with Crippen LogP contribution in [0.5, 0.6) is 0 Å². The smallest absolute Gasteiger partial charge is 0.345 e. The first kappa shape index (κ1) is 18.4. The van der Waals surface area contributed by atoms with Gasteiger partial charge in [0.15, 0.2) is 6.73 Å². The lowest BCUT2D eigenvalue weighted by atomic mass is 10.0. The number of para-hydroxylation sites is 1. The summed E-state index contributed by atoms with van der Waals surface area (Å²) in [5, 5.41) is 5.10. The SMILES string of the molecule is COCC(=O)NCOC(=O)C(C)(Nc1ccccc1)C(=O)OC. The number of hydrogen-bond acceptors (Lipinski definition) is 7. The van der Waals surface area contributed by atoms with Crippen LogP contribution < -0.4 is 10.6 Å². The molecule has 0 heterocycles. The van der Waals surface area contributed by atoms with Crippen molar-refractivity contribution in [3.8, 4) is 0 Å². The average Bonchev–Trinajstić information content (AvgIpc) is 2.54. The molecule has 1 rings (SSSR count). The third kappa shape index (κ3) is 5.26. The molecular formula is C15H20N2O6. The fourth-order valence-electron chi connectivity index (χ4n) is 1.71. The quantitative estimate of drug-likeness (QED) is 0.402. The molecule has 0 fully saturated rings. The van der Waals surface area contributed by atoms with Crippen molar-refractivity contribution in [1.82, 2.24) is 5.32 Å². The van der Waals surface area contributed by atoms with E-state index in [0.29, 0.717) is 5.69 Å². The number of rotatable bonds is 8. The van der Waals surface area contributed by atoms with Gasteiger partial charge >= 0.3 is 11.9 Å². The van der Waals surface area contributed by atoms with Crippen molar-refractivity contribution >= 4 is 23.5 Å². The van der Waals surface area contributed by atoms with E-state index in [1.165, 1.54) is 21.1 Å². The molecule has 1 atom stereocenters. The molecule has 2 N–H and O–H groups in total. The maximum atomic E-state index is 12.2. The van der Waals surface area contributed by atoms with Crippen LogP contribution in [0, 0.1) is 0 Å². The Labute approximate surface area is 134 Å². The zero-order valence-electron chi connectivity index (χ0n) is 13.3. The molecule has 0 aliphatic carbocycles. The van der Waals surface area contributed by atoms with Gasteiger partial charge in [-0.05, 0) is 19.1 Å². The van der Waals surface area contributed by atoms with Crippen molar-refractivity contribution in [3.63, 3.8) is 0 Å². The van der Waals surface area contributed by atoms with Gasteiger partial charge in [-0.2, -0.15) is 0 Å². The summed E-state index contributed by atoms with van der Waals surface area (Å²) < 4.78 is 14.2. The molecule has 1 amide bonds. The van der Waals surface area contributed by atoms with Gasteiger partial charge in [0.2, 0.25) is 11.4 Å². The van der Waals surface area contributed by atoms with Crippen LogP contribution >= 0.6 is 0 Å². The molecule has 0 saturated heterocycles. The Balaban J connectivity index is 2.74. The van der Waals surface area contributed by atoms with Crippen molar-refractivity contribution in [2.75, 3.05) is 32.9 Å². The van der Waals surface area contributed by atoms with Gasteiger partial charge in [0.25, 0.3) is 0 Å². The summed E-state index contributed by atoms with van der Waals surface area (Å²) in [6.45, 7) is 0.795. The lowest BCUT2D eigenvalue weighted by Crippen LogP contribution is -2.53. The van der Waals surface area contributed by atoms with Gasteiger partial charge in [0.1, 0.15) is 6.61 Å². The number of ether oxygens (including phenoxy) is 3. The van der Waals surface area contributed by atoms with Crippen LogP contribution in [-0.4, -0.2) is 50.9 Å². The van der Waals surface area contributed by atoms with Crippen molar-refractivity contribution in [2.45, 2.75) is 12.5 Å². The highest BCUT2D eigenvalue weighted by Gasteiger charge is 2.44. The third-order valence-electron chi connectivity index (χ3n) is 2.92. The highest BCUT2D eigenvalue weighted by atomic mass is 16.6. The highest BCUT2D eigenvalue weighted by Crippen LogP contribution is 2.18. The van der Waals surface area contributed by atoms with E-state index in [9.17, 15) is 14.4 Å². The Morgan fingerprint density at radius 3 is 2.30 bits per heavy atom. The second kappa shape index (κ2) is 8.74. The topological polar surface area (TPSA) is 103 Å². The van der Waals surface area contributed by atoms with Crippen LogP contribution in [0.15, 0.2) is 30.3 Å². The zero-order valence-corrected chi connectivity index (χ0v) is 13.3. The normalized spacial score (nSPS) is 12.7. The van der Waals surface area contributed by atoms with Crippen LogP contribution in [0.2, 0.25) is 0 Å². The number of esters is 2. The van der Waals surface area contributed by atoms with E-state index in [1.54, 1.807) is 30.3 Å². The average molecular weight is 324 g/mol. The molecule has 23 heavy (non-hydrogen) atoms. The van der Waals surface area contributed by atoms with Gasteiger partial charge in [0.05, 0.1) is 7.11 Å². The van der Waals surface area contributed by atoms with Crippen molar-refractivity contribution in [2.24, 2.45) is 0 Å². The first-order chi connectivity index (χ1) is 10.9. The minimum Gasteiger partial charge on any atom is -0.467 e. The standard InChI is InChI=1S/C15H20N2O6/c1-15(13(19)22-3,17-11-7-5-4-6-8-11)14(20)23-10-16-12(18)9-21-2/h4-8,17H,9-10H2,1-3H3,(H,16,18). The van der Waals surface area contributed by atoms with Crippen LogP contribution in [-0.2, 0) is 28.6 Å². The van der Waals surface area contributed by atoms with Gasteiger partial charge in [-0.3, -0.25) is 4.79 Å². The Hall–Kier alpha value is -2.61. The fourth-order valence-corrected chi connectivity index (χ4v) is 1.71. The van der Waals surface area contributed by atoms with E-state index in [1.807, 2.05) is 0 Å². The lowest BCUT2D eigenvalue weighted by Gasteiger charge is -2.26. The molecule has 0 aliphatic rings. The Morgan fingerprint density at radius 2 is 1.74 bits per heavy atom. The largest absolute Gasteiger partial charge is 0.467 e. The minimum atomic E-state index is -1.75. The Morgan fingerprint density at radius 1 is 1.09 bits per heavy atom. The van der Waals surface area contributed by atoms with E-state index in [4.69, 9.17) is 4.74 Å². The van der Waals surface area contributed by atoms with E-state index in [2.05, 4.69) is 20.1 Å². The van der Waals surface area contributed by atoms with E-state index >= 15 is 0 Å². The molecule has 0 radical (unpaired) electrons. The van der Waals surface area contributed by atoms with E-state index in [0.717, 1.165) is 0 Å². The summed E-state index contributed by atoms with van der Waals surface area (Å²) in [4.78, 5) is 35.4. The minimum absolute atomic E-state index is 0.159. The van der Waals surface area contributed by atoms with Crippen molar-refractivity contribution < 1.29 is 28.6 Å². The predicted molar refractivity (Wildman–Crippen MR) is 81.5 cm³/mol. The summed E-state index contributed by atoms with van der Waals surface area (Å²) in [5.74, 6) is -2.14. The number of carbonyl (C=O) groups is 3. The first-order valence-electron chi connectivity index (χ1n) is 6.78. The molecule has 8 nitrogen and oxygen atoms in total. The van der Waals surface area contributed by atoms with Crippen molar-refractivity contribution in [3.05, 3.63) is 30.3 Å². The van der Waals surface area contributed by atoms with Gasteiger partial charge in [-0.25, -0.2) is 9.59 Å². The number of anilines is 1. The molecule has 0 bridgehead atoms. The molecule has 0 saturated carbocycles. The highest BCUT2D eigenvalue weighted by molar-refractivity contribution is 6.07. The summed E-state index contributed by atoms with van der Waals surface area (Å²) >= 11 is 0. The van der Waals surface area contributed by atoms with Gasteiger partial charge in [-0.1, -0.05) is 18.2 Å². The van der Waals surface area contributed by atoms with Gasteiger partial charge < -0.3 is 24.8 Å². The monoisotopic (exact) mass is 324 g/mol. The number of carbonyl (C=O) groups excluding carboxylic acids is 3. The Bertz CT molecular complexity index is 548. The summed E-state index contributed by atoms with van der Waals surface area (Å²) in [6, 6.07) is 8.67. The summed E-state index contributed by atoms with van der Waals surface area (Å²) in [7, 11) is 2.53. The number of amides is 1. The molecule has 0 aliphatic heterocycles. The third-order valence-corrected chi connectivity index (χ3v) is 2.92. The van der Waals surface area contributed by atoms with Crippen LogP contribution in [0.1, 0.15) is 6.92 Å². The molecule has 1 aromatic rings. The van der Waals surface area contributed by atoms with E-state index in [-0.39, 0.29) is 13.3 Å². The lowest BCUT2D eigenvalue weighted by molar-refractivity contribution is -0.161. The van der Waals surface area contributed by atoms with Gasteiger partial charge in [-0.15, -0.1) is 0 Å². The maximum Gasteiger partial charge on any atom is 0.345 e. The molecule has 0 aromatic heterocycles. The van der Waals surface area contributed by atoms with Crippen LogP contribution in [0.3, 0.4) is 0 Å². The fraction of sp³-hybridized carbons (Fsp3) is 0.400. The summed E-state index contributed by atoms with van der Waals surface area (Å²) in [5.41, 5.74) is -1.21. The van der Waals surface area contributed by atoms with Crippen LogP contribution in [0.4, 0.5) is 5.69 Å². The molecular weight excluding hydrogens is 304 g/mol. The van der Waals surface area contributed by atoms with Gasteiger partial charge in [0, 0.05) is 12.8 Å². The second-order valence-electron chi connectivity index (χ2n) is 4.72. The summed E-state index contributed by atoms with van der Waals surface area (Å²) in [6.07, 6.45) is 0. The first-order valence-corrected chi connectivity index (χ1v) is 6.78. The Kier molecular flexibility index (Phi) is 7.01. The van der Waals surface area contributed by atoms with Crippen molar-refractivity contribution in [1.29, 1.82) is 0 Å². The molecule has 1 unspecified atom stereocenters. The zero-order chi connectivity index (χ0) is 17.3. The van der Waals surface area contributed by atoms with Crippen LogP contribution in [0.25, 0.3) is 0 Å². The molecule has 8 heteroatoms. The second-order valence-corrected chi connectivity index (χ2v) is 4.72. The maximum absolute atomic E-state index is 12.2. The number of hydrogen-bond donors (Lipinski definition) is 2. The predicted octanol–water partition coefficient (Wildman–Crippen LogP) is 0.293. The number of nitrogens with one attached hydrogen (secondary N) is 2. The van der Waals surface area contributed by atoms with E-state index < -0.39 is 23.4 Å².